The summed E-state index contributed by atoms with van der Waals surface area (Å²) in [5, 5.41) is 9.56. The second kappa shape index (κ2) is 6.43. The fourth-order valence-electron chi connectivity index (χ4n) is 1.48. The van der Waals surface area contributed by atoms with Gasteiger partial charge in [-0.3, -0.25) is 0 Å². The van der Waals surface area contributed by atoms with Crippen LogP contribution >= 0.6 is 11.8 Å². The zero-order valence-corrected chi connectivity index (χ0v) is 12.2. The van der Waals surface area contributed by atoms with Gasteiger partial charge in [-0.1, -0.05) is 20.8 Å². The lowest BCUT2D eigenvalue weighted by Crippen LogP contribution is -2.12. The molecule has 2 nitrogen and oxygen atoms in total. The van der Waals surface area contributed by atoms with E-state index in [1.54, 1.807) is 13.0 Å². The Labute approximate surface area is 113 Å². The van der Waals surface area contributed by atoms with Gasteiger partial charge in [-0.05, 0) is 25.1 Å². The third kappa shape index (κ3) is 5.27. The maximum atomic E-state index is 13.1. The molecule has 0 spiro atoms. The van der Waals surface area contributed by atoms with Crippen LogP contribution in [0.4, 0.5) is 4.39 Å². The summed E-state index contributed by atoms with van der Waals surface area (Å²) in [5.74, 6) is 1.06. The minimum Gasteiger partial charge on any atom is -0.492 e. The highest BCUT2D eigenvalue weighted by atomic mass is 32.2. The Morgan fingerprint density at radius 3 is 2.61 bits per heavy atom. The van der Waals surface area contributed by atoms with E-state index in [1.807, 2.05) is 11.8 Å². The van der Waals surface area contributed by atoms with Crippen LogP contribution in [0.5, 0.6) is 5.75 Å². The monoisotopic (exact) mass is 272 g/mol. The molecule has 18 heavy (non-hydrogen) atoms. The van der Waals surface area contributed by atoms with E-state index in [2.05, 4.69) is 20.8 Å². The van der Waals surface area contributed by atoms with Gasteiger partial charge in [0.25, 0.3) is 0 Å². The van der Waals surface area contributed by atoms with E-state index in [4.69, 9.17) is 4.74 Å². The van der Waals surface area contributed by atoms with Crippen molar-refractivity contribution < 1.29 is 14.2 Å². The lowest BCUT2D eigenvalue weighted by molar-refractivity contribution is 0.191. The van der Waals surface area contributed by atoms with Crippen LogP contribution in [-0.2, 0) is 0 Å². The highest BCUT2D eigenvalue weighted by Crippen LogP contribution is 2.27. The van der Waals surface area contributed by atoms with E-state index < -0.39 is 6.10 Å². The van der Waals surface area contributed by atoms with Crippen LogP contribution in [-0.4, -0.2) is 22.2 Å². The SMILES string of the molecule is C[C@@H](O)c1cc(F)ccc1OCCSC(C)(C)C. The van der Waals surface area contributed by atoms with Gasteiger partial charge < -0.3 is 9.84 Å². The summed E-state index contributed by atoms with van der Waals surface area (Å²) >= 11 is 1.81. The van der Waals surface area contributed by atoms with E-state index in [1.165, 1.54) is 12.1 Å². The number of thioether (sulfide) groups is 1. The molecule has 102 valence electrons. The second-order valence-corrected chi connectivity index (χ2v) is 7.09. The third-order valence-corrected chi connectivity index (χ3v) is 3.53. The number of aliphatic hydroxyl groups is 1. The number of hydrogen-bond acceptors (Lipinski definition) is 3. The van der Waals surface area contributed by atoms with Crippen molar-refractivity contribution in [1.29, 1.82) is 0 Å². The quantitative estimate of drug-likeness (QED) is 0.827. The molecular weight excluding hydrogens is 251 g/mol. The van der Waals surface area contributed by atoms with Gasteiger partial charge in [0.2, 0.25) is 0 Å². The average molecular weight is 272 g/mol. The summed E-state index contributed by atoms with van der Waals surface area (Å²) in [5.41, 5.74) is 0.496. The summed E-state index contributed by atoms with van der Waals surface area (Å²) < 4.78 is 18.9. The molecule has 0 heterocycles. The van der Waals surface area contributed by atoms with Gasteiger partial charge >= 0.3 is 0 Å². The van der Waals surface area contributed by atoms with E-state index in [0.717, 1.165) is 5.75 Å². The molecule has 4 heteroatoms. The van der Waals surface area contributed by atoms with Crippen molar-refractivity contribution in [3.63, 3.8) is 0 Å². The van der Waals surface area contributed by atoms with Crippen molar-refractivity contribution in [1.82, 2.24) is 0 Å². The molecule has 1 atom stereocenters. The summed E-state index contributed by atoms with van der Waals surface area (Å²) in [7, 11) is 0. The largest absolute Gasteiger partial charge is 0.492 e. The van der Waals surface area contributed by atoms with Crippen LogP contribution in [0.2, 0.25) is 0 Å². The van der Waals surface area contributed by atoms with Gasteiger partial charge in [0.05, 0.1) is 12.7 Å². The van der Waals surface area contributed by atoms with E-state index in [9.17, 15) is 9.50 Å². The van der Waals surface area contributed by atoms with Crippen LogP contribution in [0.25, 0.3) is 0 Å². The maximum Gasteiger partial charge on any atom is 0.125 e. The van der Waals surface area contributed by atoms with Crippen molar-refractivity contribution >= 4 is 11.8 Å². The normalized spacial score (nSPS) is 13.4. The molecule has 1 rings (SSSR count). The summed E-state index contributed by atoms with van der Waals surface area (Å²) in [4.78, 5) is 0. The highest BCUT2D eigenvalue weighted by molar-refractivity contribution is 8.00. The lowest BCUT2D eigenvalue weighted by Gasteiger charge is -2.18. The Morgan fingerprint density at radius 1 is 1.39 bits per heavy atom. The van der Waals surface area contributed by atoms with Gasteiger partial charge in [0.15, 0.2) is 0 Å². The fourth-order valence-corrected chi connectivity index (χ4v) is 2.26. The lowest BCUT2D eigenvalue weighted by atomic mass is 10.1. The van der Waals surface area contributed by atoms with Gasteiger partial charge in [-0.15, -0.1) is 0 Å². The Kier molecular flexibility index (Phi) is 5.47. The predicted octanol–water partition coefficient (Wildman–Crippen LogP) is 3.79. The Hall–Kier alpha value is -0.740. The first-order chi connectivity index (χ1) is 8.29. The van der Waals surface area contributed by atoms with Crippen LogP contribution in [0, 0.1) is 5.82 Å². The molecule has 0 aliphatic heterocycles. The number of rotatable bonds is 5. The molecule has 0 fully saturated rings. The molecular formula is C14H21FO2S. The van der Waals surface area contributed by atoms with Crippen molar-refractivity contribution in [2.75, 3.05) is 12.4 Å². The first-order valence-electron chi connectivity index (χ1n) is 6.04. The second-order valence-electron chi connectivity index (χ2n) is 5.17. The summed E-state index contributed by atoms with van der Waals surface area (Å²) in [6, 6.07) is 4.23. The van der Waals surface area contributed by atoms with Crippen molar-refractivity contribution in [3.05, 3.63) is 29.6 Å². The standard InChI is InChI=1S/C14H21FO2S/c1-10(16)12-9-11(15)5-6-13(12)17-7-8-18-14(2,3)4/h5-6,9-10,16H,7-8H2,1-4H3/t10-/m1/s1. The first-order valence-corrected chi connectivity index (χ1v) is 7.02. The fraction of sp³-hybridized carbons (Fsp3) is 0.571. The zero-order chi connectivity index (χ0) is 13.8. The number of hydrogen-bond donors (Lipinski definition) is 1. The van der Waals surface area contributed by atoms with Crippen LogP contribution in [0.15, 0.2) is 18.2 Å². The summed E-state index contributed by atoms with van der Waals surface area (Å²) in [6.45, 7) is 8.60. The molecule has 0 amide bonds. The number of benzene rings is 1. The topological polar surface area (TPSA) is 29.5 Å². The Balaban J connectivity index is 2.57. The molecule has 0 aromatic heterocycles. The molecule has 0 unspecified atom stereocenters. The van der Waals surface area contributed by atoms with Gasteiger partial charge in [0, 0.05) is 16.1 Å². The third-order valence-electron chi connectivity index (χ3n) is 2.30. The molecule has 1 aromatic carbocycles. The molecule has 1 aromatic rings. The molecule has 0 aliphatic carbocycles. The van der Waals surface area contributed by atoms with Crippen LogP contribution in [0.3, 0.4) is 0 Å². The number of halogens is 1. The molecule has 0 radical (unpaired) electrons. The Morgan fingerprint density at radius 2 is 2.06 bits per heavy atom. The van der Waals surface area contributed by atoms with E-state index >= 15 is 0 Å². The smallest absolute Gasteiger partial charge is 0.125 e. The van der Waals surface area contributed by atoms with Gasteiger partial charge in [-0.2, -0.15) is 11.8 Å². The van der Waals surface area contributed by atoms with Gasteiger partial charge in [0.1, 0.15) is 11.6 Å². The maximum absolute atomic E-state index is 13.1. The minimum atomic E-state index is -0.731. The predicted molar refractivity (Wildman–Crippen MR) is 74.7 cm³/mol. The number of ether oxygens (including phenoxy) is 1. The number of aliphatic hydroxyl groups excluding tert-OH is 1. The Bertz CT molecular complexity index is 386. The van der Waals surface area contributed by atoms with Crippen molar-refractivity contribution in [2.24, 2.45) is 0 Å². The van der Waals surface area contributed by atoms with E-state index in [-0.39, 0.29) is 10.6 Å². The highest BCUT2D eigenvalue weighted by Gasteiger charge is 2.12. The zero-order valence-electron chi connectivity index (χ0n) is 11.4. The van der Waals surface area contributed by atoms with Crippen LogP contribution < -0.4 is 4.74 Å². The molecule has 0 saturated carbocycles. The molecule has 0 aliphatic rings. The molecule has 0 saturated heterocycles. The average Bonchev–Trinajstić information content (AvgIpc) is 2.24. The summed E-state index contributed by atoms with van der Waals surface area (Å²) in [6.07, 6.45) is -0.731. The minimum absolute atomic E-state index is 0.208. The van der Waals surface area contributed by atoms with Crippen molar-refractivity contribution in [2.45, 2.75) is 38.5 Å². The first kappa shape index (κ1) is 15.3. The van der Waals surface area contributed by atoms with Crippen molar-refractivity contribution in [3.8, 4) is 5.75 Å². The van der Waals surface area contributed by atoms with Crippen LogP contribution in [0.1, 0.15) is 39.4 Å². The molecule has 1 N–H and O–H groups in total. The van der Waals surface area contributed by atoms with Gasteiger partial charge in [-0.25, -0.2) is 4.39 Å². The molecule has 0 bridgehead atoms. The van der Waals surface area contributed by atoms with E-state index in [0.29, 0.717) is 17.9 Å².